The maximum atomic E-state index is 12.9. The number of benzene rings is 1. The van der Waals surface area contributed by atoms with Crippen LogP contribution in [0.1, 0.15) is 100.0 Å². The van der Waals surface area contributed by atoms with Gasteiger partial charge in [0.1, 0.15) is 11.9 Å². The molecule has 2 rings (SSSR count). The monoisotopic (exact) mass is 560 g/mol. The number of rotatable bonds is 11. The highest BCUT2D eigenvalue weighted by molar-refractivity contribution is 6.77. The van der Waals surface area contributed by atoms with Gasteiger partial charge in [-0.15, -0.1) is 0 Å². The highest BCUT2D eigenvalue weighted by atomic mass is 28.4. The standard InChI is InChI=1S/C33H56O5Si/c1-23(2)39(24(3)4,25(5)6)37-21-28(9)32-19-14-26(7)20-27(8)31(12-11-13-33(34)38-32)36-22-29-15-17-30(35-10)18-16-29/h14-18,23-25,27-28,31-32H,11-13,19-22H2,1-10H3/b26-14+/t27-,28-,31?,32+/m0/s1. The van der Waals surface area contributed by atoms with Gasteiger partial charge in [0, 0.05) is 25.4 Å². The molecule has 1 heterocycles. The van der Waals surface area contributed by atoms with Crippen molar-refractivity contribution in [2.24, 2.45) is 11.8 Å². The van der Waals surface area contributed by atoms with Crippen molar-refractivity contribution in [1.82, 2.24) is 0 Å². The minimum Gasteiger partial charge on any atom is -0.497 e. The third-order valence-electron chi connectivity index (χ3n) is 8.69. The van der Waals surface area contributed by atoms with Crippen molar-refractivity contribution in [3.8, 4) is 5.75 Å². The normalized spacial score (nSPS) is 24.1. The number of carbonyl (C=O) groups is 1. The van der Waals surface area contributed by atoms with Crippen LogP contribution in [0.4, 0.5) is 0 Å². The first-order valence-corrected chi connectivity index (χ1v) is 17.3. The summed E-state index contributed by atoms with van der Waals surface area (Å²) >= 11 is 0. The number of hydrogen-bond acceptors (Lipinski definition) is 5. The Morgan fingerprint density at radius 1 is 1.00 bits per heavy atom. The van der Waals surface area contributed by atoms with Crippen LogP contribution in [0.2, 0.25) is 16.6 Å². The number of methoxy groups -OCH3 is 1. The zero-order chi connectivity index (χ0) is 29.2. The minimum absolute atomic E-state index is 0.0898. The van der Waals surface area contributed by atoms with E-state index in [1.54, 1.807) is 7.11 Å². The zero-order valence-electron chi connectivity index (χ0n) is 26.4. The van der Waals surface area contributed by atoms with Crippen LogP contribution in [0.5, 0.6) is 5.75 Å². The maximum absolute atomic E-state index is 12.9. The Labute approximate surface area is 240 Å². The number of cyclic esters (lactones) is 1. The second kappa shape index (κ2) is 16.0. The van der Waals surface area contributed by atoms with E-state index in [2.05, 4.69) is 68.4 Å². The first kappa shape index (κ1) is 33.6. The lowest BCUT2D eigenvalue weighted by Gasteiger charge is -2.43. The van der Waals surface area contributed by atoms with E-state index in [0.29, 0.717) is 42.2 Å². The fourth-order valence-electron chi connectivity index (χ4n) is 6.45. The van der Waals surface area contributed by atoms with Gasteiger partial charge in [-0.25, -0.2) is 0 Å². The molecule has 4 atom stereocenters. The summed E-state index contributed by atoms with van der Waals surface area (Å²) in [5.74, 6) is 1.24. The molecule has 0 radical (unpaired) electrons. The molecule has 0 amide bonds. The van der Waals surface area contributed by atoms with E-state index in [0.717, 1.165) is 37.0 Å². The van der Waals surface area contributed by atoms with Crippen molar-refractivity contribution in [2.45, 2.75) is 130 Å². The number of esters is 1. The van der Waals surface area contributed by atoms with Gasteiger partial charge in [-0.2, -0.15) is 0 Å². The van der Waals surface area contributed by atoms with Crippen LogP contribution >= 0.6 is 0 Å². The smallest absolute Gasteiger partial charge is 0.306 e. The lowest BCUT2D eigenvalue weighted by Crippen LogP contribution is -2.49. The van der Waals surface area contributed by atoms with E-state index in [4.69, 9.17) is 18.6 Å². The summed E-state index contributed by atoms with van der Waals surface area (Å²) in [6.07, 6.45) is 5.92. The van der Waals surface area contributed by atoms with Crippen LogP contribution in [0.15, 0.2) is 35.9 Å². The predicted molar refractivity (Wildman–Crippen MR) is 164 cm³/mol. The SMILES string of the molecule is COc1ccc(COC2CCCC(=O)O[C@@H]([C@@H](C)CO[Si](C(C)C)(C(C)C)C(C)C)C/C=C(\C)C[C@@H]2C)cc1. The molecule has 0 saturated carbocycles. The molecule has 0 fully saturated rings. The Hall–Kier alpha value is -1.63. The Bertz CT molecular complexity index is 870. The summed E-state index contributed by atoms with van der Waals surface area (Å²) in [7, 11) is -0.295. The number of allylic oxidation sites excluding steroid dienone is 1. The fourth-order valence-corrected chi connectivity index (χ4v) is 12.0. The topological polar surface area (TPSA) is 54.0 Å². The number of ether oxygens (including phenoxy) is 3. The van der Waals surface area contributed by atoms with E-state index in [-0.39, 0.29) is 24.1 Å². The van der Waals surface area contributed by atoms with Gasteiger partial charge in [0.25, 0.3) is 0 Å². The molecule has 1 unspecified atom stereocenters. The Kier molecular flexibility index (Phi) is 13.7. The zero-order valence-corrected chi connectivity index (χ0v) is 27.4. The Morgan fingerprint density at radius 3 is 2.18 bits per heavy atom. The van der Waals surface area contributed by atoms with Crippen molar-refractivity contribution < 1.29 is 23.4 Å². The molecule has 0 saturated heterocycles. The van der Waals surface area contributed by atoms with Gasteiger partial charge in [0.2, 0.25) is 0 Å². The van der Waals surface area contributed by atoms with Crippen LogP contribution < -0.4 is 4.74 Å². The molecule has 222 valence electrons. The second-order valence-corrected chi connectivity index (χ2v) is 18.2. The molecule has 39 heavy (non-hydrogen) atoms. The van der Waals surface area contributed by atoms with Crippen molar-refractivity contribution in [1.29, 1.82) is 0 Å². The lowest BCUT2D eigenvalue weighted by molar-refractivity contribution is -0.152. The second-order valence-electron chi connectivity index (χ2n) is 12.7. The van der Waals surface area contributed by atoms with Gasteiger partial charge < -0.3 is 18.6 Å². The van der Waals surface area contributed by atoms with Crippen LogP contribution in [0.25, 0.3) is 0 Å². The molecular formula is C33H56O5Si. The van der Waals surface area contributed by atoms with Gasteiger partial charge in [-0.05, 0) is 66.4 Å². The first-order valence-electron chi connectivity index (χ1n) is 15.1. The van der Waals surface area contributed by atoms with E-state index >= 15 is 0 Å². The molecule has 1 aliphatic rings. The van der Waals surface area contributed by atoms with Crippen LogP contribution in [0, 0.1) is 11.8 Å². The Morgan fingerprint density at radius 2 is 1.62 bits per heavy atom. The van der Waals surface area contributed by atoms with Crippen molar-refractivity contribution in [2.75, 3.05) is 13.7 Å². The highest BCUT2D eigenvalue weighted by Gasteiger charge is 2.45. The quantitative estimate of drug-likeness (QED) is 0.154. The third kappa shape index (κ3) is 9.75. The summed E-state index contributed by atoms with van der Waals surface area (Å²) in [6.45, 7) is 21.7. The summed E-state index contributed by atoms with van der Waals surface area (Å²) in [5.41, 5.74) is 4.05. The average Bonchev–Trinajstić information content (AvgIpc) is 2.87. The molecule has 0 N–H and O–H groups in total. The van der Waals surface area contributed by atoms with Crippen LogP contribution in [-0.2, 0) is 25.3 Å². The average molecular weight is 561 g/mol. The lowest BCUT2D eigenvalue weighted by atomic mass is 9.91. The number of carbonyl (C=O) groups excluding carboxylic acids is 1. The molecule has 1 aliphatic heterocycles. The van der Waals surface area contributed by atoms with Gasteiger partial charge in [0.05, 0.1) is 19.8 Å². The van der Waals surface area contributed by atoms with Crippen molar-refractivity contribution >= 4 is 14.3 Å². The summed E-state index contributed by atoms with van der Waals surface area (Å²) < 4.78 is 24.6. The maximum Gasteiger partial charge on any atom is 0.306 e. The molecule has 0 aliphatic carbocycles. The third-order valence-corrected chi connectivity index (χ3v) is 14.8. The van der Waals surface area contributed by atoms with Crippen LogP contribution in [0.3, 0.4) is 0 Å². The van der Waals surface area contributed by atoms with Crippen LogP contribution in [-0.4, -0.2) is 40.2 Å². The van der Waals surface area contributed by atoms with Gasteiger partial charge in [-0.1, -0.05) is 79.2 Å². The van der Waals surface area contributed by atoms with E-state index in [1.165, 1.54) is 5.57 Å². The summed E-state index contributed by atoms with van der Waals surface area (Å²) in [4.78, 5) is 12.9. The fraction of sp³-hybridized carbons (Fsp3) is 0.727. The van der Waals surface area contributed by atoms with E-state index in [1.807, 2.05) is 24.3 Å². The van der Waals surface area contributed by atoms with E-state index in [9.17, 15) is 4.79 Å². The van der Waals surface area contributed by atoms with E-state index < -0.39 is 8.32 Å². The van der Waals surface area contributed by atoms with Crippen molar-refractivity contribution in [3.05, 3.63) is 41.5 Å². The van der Waals surface area contributed by atoms with Crippen molar-refractivity contribution in [3.63, 3.8) is 0 Å². The molecule has 6 heteroatoms. The Balaban J connectivity index is 2.08. The minimum atomic E-state index is -1.97. The molecule has 1 aromatic carbocycles. The predicted octanol–water partition coefficient (Wildman–Crippen LogP) is 8.87. The largest absolute Gasteiger partial charge is 0.497 e. The molecule has 0 bridgehead atoms. The molecule has 5 nitrogen and oxygen atoms in total. The molecule has 0 aromatic heterocycles. The molecular weight excluding hydrogens is 504 g/mol. The summed E-state index contributed by atoms with van der Waals surface area (Å²) in [5, 5.41) is 0. The molecule has 1 aromatic rings. The van der Waals surface area contributed by atoms with Gasteiger partial charge >= 0.3 is 5.97 Å². The number of hydrogen-bond donors (Lipinski definition) is 0. The van der Waals surface area contributed by atoms with Gasteiger partial charge in [0.15, 0.2) is 8.32 Å². The summed E-state index contributed by atoms with van der Waals surface area (Å²) in [6, 6.07) is 8.02. The highest BCUT2D eigenvalue weighted by Crippen LogP contribution is 2.42. The first-order chi connectivity index (χ1) is 18.4. The van der Waals surface area contributed by atoms with Gasteiger partial charge in [-0.3, -0.25) is 4.79 Å². The molecule has 0 spiro atoms.